The number of imidazole rings is 1. The van der Waals surface area contributed by atoms with Gasteiger partial charge in [0, 0.05) is 56.4 Å². The van der Waals surface area contributed by atoms with Crippen molar-refractivity contribution in [3.63, 3.8) is 0 Å². The first-order valence-corrected chi connectivity index (χ1v) is 14.7. The quantitative estimate of drug-likeness (QED) is 0.319. The van der Waals surface area contributed by atoms with Gasteiger partial charge < -0.3 is 28.9 Å². The van der Waals surface area contributed by atoms with E-state index in [1.54, 1.807) is 4.90 Å². The summed E-state index contributed by atoms with van der Waals surface area (Å²) in [6, 6.07) is 14.1. The van der Waals surface area contributed by atoms with Crippen LogP contribution >= 0.6 is 0 Å². The first-order chi connectivity index (χ1) is 20.6. The minimum atomic E-state index is -0.538. The summed E-state index contributed by atoms with van der Waals surface area (Å²) in [4.78, 5) is 41.7. The Bertz CT molecular complexity index is 1680. The number of piperazine rings is 1. The number of aryl methyl sites for hydroxylation is 1. The van der Waals surface area contributed by atoms with Gasteiger partial charge in [0.15, 0.2) is 0 Å². The van der Waals surface area contributed by atoms with Crippen LogP contribution in [0.5, 0.6) is 0 Å². The number of amides is 1. The Hall–Kier alpha value is -4.38. The van der Waals surface area contributed by atoms with E-state index in [1.165, 1.54) is 7.11 Å². The molecule has 43 heavy (non-hydrogen) atoms. The lowest BCUT2D eigenvalue weighted by Crippen LogP contribution is -2.50. The number of benzene rings is 2. The Balaban J connectivity index is 1.43. The van der Waals surface area contributed by atoms with Crippen LogP contribution in [0.3, 0.4) is 0 Å². The molecule has 2 aromatic heterocycles. The van der Waals surface area contributed by atoms with E-state index in [0.29, 0.717) is 50.5 Å². The maximum absolute atomic E-state index is 13.0. The minimum absolute atomic E-state index is 0.294. The average molecular weight is 587 g/mol. The van der Waals surface area contributed by atoms with E-state index in [0.717, 1.165) is 52.5 Å². The second-order valence-electron chi connectivity index (χ2n) is 11.9. The molecule has 2 aromatic carbocycles. The highest BCUT2D eigenvalue weighted by Gasteiger charge is 2.28. The summed E-state index contributed by atoms with van der Waals surface area (Å²) >= 11 is 0. The molecule has 11 nitrogen and oxygen atoms in total. The summed E-state index contributed by atoms with van der Waals surface area (Å²) in [5.74, 6) is 1.14. The minimum Gasteiger partial charge on any atom is -0.465 e. The fourth-order valence-electron chi connectivity index (χ4n) is 5.79. The largest absolute Gasteiger partial charge is 0.465 e. The van der Waals surface area contributed by atoms with Crippen molar-refractivity contribution in [2.75, 3.05) is 69.4 Å². The van der Waals surface area contributed by atoms with E-state index in [2.05, 4.69) is 32.6 Å². The van der Waals surface area contributed by atoms with Crippen molar-refractivity contribution in [2.24, 2.45) is 0 Å². The molecule has 0 aliphatic carbocycles. The molecule has 11 heteroatoms. The number of hydrogen-bond acceptors (Lipinski definition) is 9. The summed E-state index contributed by atoms with van der Waals surface area (Å²) in [5, 5.41) is 0.970. The number of hydrogen-bond donors (Lipinski definition) is 0. The molecule has 0 saturated carbocycles. The van der Waals surface area contributed by atoms with Crippen molar-refractivity contribution in [1.29, 1.82) is 0 Å². The van der Waals surface area contributed by atoms with Crippen LogP contribution in [0.4, 0.5) is 16.3 Å². The van der Waals surface area contributed by atoms with Crippen molar-refractivity contribution in [1.82, 2.24) is 19.4 Å². The van der Waals surface area contributed by atoms with Crippen molar-refractivity contribution >= 4 is 45.5 Å². The first-order valence-electron chi connectivity index (χ1n) is 14.7. The van der Waals surface area contributed by atoms with Crippen LogP contribution in [0.15, 0.2) is 42.5 Å². The van der Waals surface area contributed by atoms with Gasteiger partial charge in [-0.25, -0.2) is 19.6 Å². The second kappa shape index (κ2) is 11.4. The molecule has 226 valence electrons. The zero-order valence-electron chi connectivity index (χ0n) is 25.4. The Labute approximate surface area is 250 Å². The Morgan fingerprint density at radius 3 is 2.33 bits per heavy atom. The molecule has 4 heterocycles. The number of para-hydroxylation sites is 1. The van der Waals surface area contributed by atoms with Crippen LogP contribution in [0.25, 0.3) is 27.6 Å². The van der Waals surface area contributed by atoms with Gasteiger partial charge in [0.25, 0.3) is 0 Å². The van der Waals surface area contributed by atoms with Crippen molar-refractivity contribution in [3.05, 3.63) is 53.9 Å². The zero-order chi connectivity index (χ0) is 30.3. The predicted molar refractivity (Wildman–Crippen MR) is 165 cm³/mol. The number of esters is 1. The van der Waals surface area contributed by atoms with Crippen LogP contribution in [0.2, 0.25) is 0 Å². The topological polar surface area (TPSA) is 102 Å². The van der Waals surface area contributed by atoms with Gasteiger partial charge in [0.1, 0.15) is 22.8 Å². The summed E-state index contributed by atoms with van der Waals surface area (Å²) in [7, 11) is 1.39. The molecule has 0 spiro atoms. The third kappa shape index (κ3) is 5.69. The third-order valence-electron chi connectivity index (χ3n) is 7.87. The van der Waals surface area contributed by atoms with E-state index in [1.807, 2.05) is 52.0 Å². The van der Waals surface area contributed by atoms with E-state index >= 15 is 0 Å². The number of ether oxygens (including phenoxy) is 3. The van der Waals surface area contributed by atoms with Gasteiger partial charge in [-0.2, -0.15) is 0 Å². The highest BCUT2D eigenvalue weighted by atomic mass is 16.6. The number of pyridine rings is 1. The summed E-state index contributed by atoms with van der Waals surface area (Å²) < 4.78 is 18.4. The number of methoxy groups -OCH3 is 1. The molecule has 0 radical (unpaired) electrons. The molecule has 0 N–H and O–H groups in total. The number of morpholine rings is 1. The van der Waals surface area contributed by atoms with E-state index in [4.69, 9.17) is 24.2 Å². The van der Waals surface area contributed by atoms with Crippen LogP contribution in [-0.4, -0.2) is 96.7 Å². The molecular weight excluding hydrogens is 548 g/mol. The average Bonchev–Trinajstić information content (AvgIpc) is 3.34. The van der Waals surface area contributed by atoms with Gasteiger partial charge in [0.2, 0.25) is 0 Å². The standard InChI is InChI=1S/C32H38N6O5/c1-21-33-29-24(30(39)41-5)18-22(35-14-16-42-17-15-35)19-27(29)38(21)26-20-28(34-25-9-7-6-8-23(25)26)36-10-12-37(13-11-36)31(40)43-32(2,3)4/h6-9,18-20H,10-17H2,1-5H3. The first kappa shape index (κ1) is 28.7. The molecule has 1 amide bonds. The van der Waals surface area contributed by atoms with Crippen LogP contribution in [0.1, 0.15) is 37.0 Å². The van der Waals surface area contributed by atoms with Gasteiger partial charge in [-0.05, 0) is 45.9 Å². The number of rotatable bonds is 4. The van der Waals surface area contributed by atoms with Gasteiger partial charge in [-0.15, -0.1) is 0 Å². The van der Waals surface area contributed by atoms with Crippen molar-refractivity contribution < 1.29 is 23.8 Å². The molecule has 2 aliphatic rings. The maximum atomic E-state index is 13.0. The fourth-order valence-corrected chi connectivity index (χ4v) is 5.79. The van der Waals surface area contributed by atoms with Crippen LogP contribution < -0.4 is 9.80 Å². The summed E-state index contributed by atoms with van der Waals surface area (Å²) in [6.07, 6.45) is -0.294. The SMILES string of the molecule is COC(=O)c1cc(N2CCOCC2)cc2c1nc(C)n2-c1cc(N2CCN(C(=O)OC(C)(C)C)CC2)nc2ccccc12. The molecule has 0 atom stereocenters. The number of aromatic nitrogens is 3. The van der Waals surface area contributed by atoms with E-state index < -0.39 is 11.6 Å². The second-order valence-corrected chi connectivity index (χ2v) is 11.9. The predicted octanol–water partition coefficient (Wildman–Crippen LogP) is 4.56. The normalized spacial score (nSPS) is 16.2. The highest BCUT2D eigenvalue weighted by molar-refractivity contribution is 6.05. The van der Waals surface area contributed by atoms with Gasteiger partial charge in [-0.3, -0.25) is 4.57 Å². The van der Waals surface area contributed by atoms with E-state index in [9.17, 15) is 9.59 Å². The smallest absolute Gasteiger partial charge is 0.410 e. The third-order valence-corrected chi connectivity index (χ3v) is 7.87. The number of carbonyl (C=O) groups excluding carboxylic acids is 2. The molecule has 2 aliphatic heterocycles. The molecule has 0 unspecified atom stereocenters. The number of nitrogens with zero attached hydrogens (tertiary/aromatic N) is 6. The van der Waals surface area contributed by atoms with Gasteiger partial charge in [0.05, 0.1) is 42.6 Å². The molecule has 6 rings (SSSR count). The Morgan fingerprint density at radius 1 is 0.907 bits per heavy atom. The lowest BCUT2D eigenvalue weighted by atomic mass is 10.1. The molecule has 0 bridgehead atoms. The summed E-state index contributed by atoms with van der Waals surface area (Å²) in [6.45, 7) is 12.6. The number of fused-ring (bicyclic) bond motifs is 2. The monoisotopic (exact) mass is 586 g/mol. The number of carbonyl (C=O) groups is 2. The highest BCUT2D eigenvalue weighted by Crippen LogP contribution is 2.34. The van der Waals surface area contributed by atoms with Crippen LogP contribution in [-0.2, 0) is 14.2 Å². The zero-order valence-corrected chi connectivity index (χ0v) is 25.4. The van der Waals surface area contributed by atoms with Gasteiger partial charge >= 0.3 is 12.1 Å². The fraction of sp³-hybridized carbons (Fsp3) is 0.438. The summed E-state index contributed by atoms with van der Waals surface area (Å²) in [5.41, 5.74) is 4.00. The lowest BCUT2D eigenvalue weighted by Gasteiger charge is -2.36. The number of anilines is 2. The van der Waals surface area contributed by atoms with Crippen LogP contribution in [0, 0.1) is 6.92 Å². The lowest BCUT2D eigenvalue weighted by molar-refractivity contribution is 0.0240. The van der Waals surface area contributed by atoms with Crippen molar-refractivity contribution in [3.8, 4) is 5.69 Å². The van der Waals surface area contributed by atoms with Gasteiger partial charge in [-0.1, -0.05) is 18.2 Å². The van der Waals surface area contributed by atoms with E-state index in [-0.39, 0.29) is 6.09 Å². The molecule has 4 aromatic rings. The Morgan fingerprint density at radius 2 is 1.63 bits per heavy atom. The molecular formula is C32H38N6O5. The molecule has 2 fully saturated rings. The maximum Gasteiger partial charge on any atom is 0.410 e. The Kier molecular flexibility index (Phi) is 7.59. The molecule has 2 saturated heterocycles. The van der Waals surface area contributed by atoms with Crippen molar-refractivity contribution in [2.45, 2.75) is 33.3 Å².